The molecule has 0 aliphatic carbocycles. The Bertz CT molecular complexity index is 246. The van der Waals surface area contributed by atoms with E-state index in [0.717, 1.165) is 0 Å². The van der Waals surface area contributed by atoms with Crippen LogP contribution in [0.1, 0.15) is 27.2 Å². The summed E-state index contributed by atoms with van der Waals surface area (Å²) in [7, 11) is 0.259. The first-order valence-electron chi connectivity index (χ1n) is 4.14. The Morgan fingerprint density at radius 3 is 2.46 bits per heavy atom. The van der Waals surface area contributed by atoms with Crippen molar-refractivity contribution in [2.45, 2.75) is 38.3 Å². The van der Waals surface area contributed by atoms with E-state index in [1.54, 1.807) is 0 Å². The molecule has 13 heavy (non-hydrogen) atoms. The number of amides is 1. The SMILES string of the molecule is CC(C)(C)[Si]N1C(=O)CC1C(=O)O. The molecule has 0 aromatic heterocycles. The van der Waals surface area contributed by atoms with Gasteiger partial charge in [-0.15, -0.1) is 0 Å². The van der Waals surface area contributed by atoms with Crippen molar-refractivity contribution >= 4 is 21.6 Å². The Kier molecular flexibility index (Phi) is 2.47. The number of hydrogen-bond donors (Lipinski definition) is 1. The average Bonchev–Trinajstić information content (AvgIpc) is 1.93. The maximum atomic E-state index is 11.1. The Balaban J connectivity index is 2.58. The van der Waals surface area contributed by atoms with Crippen LogP contribution in [0.5, 0.6) is 0 Å². The van der Waals surface area contributed by atoms with E-state index < -0.39 is 12.0 Å². The predicted molar refractivity (Wildman–Crippen MR) is 48.4 cm³/mol. The molecule has 0 spiro atoms. The van der Waals surface area contributed by atoms with Crippen molar-refractivity contribution in [3.8, 4) is 0 Å². The molecule has 1 saturated heterocycles. The minimum atomic E-state index is -0.892. The van der Waals surface area contributed by atoms with Crippen molar-refractivity contribution in [3.05, 3.63) is 0 Å². The van der Waals surface area contributed by atoms with Crippen LogP contribution in [0.15, 0.2) is 0 Å². The van der Waals surface area contributed by atoms with Gasteiger partial charge in [0.15, 0.2) is 9.68 Å². The maximum absolute atomic E-state index is 11.1. The molecule has 1 unspecified atom stereocenters. The van der Waals surface area contributed by atoms with Gasteiger partial charge < -0.3 is 9.67 Å². The van der Waals surface area contributed by atoms with Gasteiger partial charge in [-0.1, -0.05) is 20.8 Å². The molecule has 5 heteroatoms. The number of carboxylic acid groups (broad SMARTS) is 1. The molecule has 4 nitrogen and oxygen atoms in total. The standard InChI is InChI=1S/C8H13NO3Si/c1-8(2,3)13-9-5(7(11)12)4-6(9)10/h5H,4H2,1-3H3,(H,11,12). The lowest BCUT2D eigenvalue weighted by Crippen LogP contribution is -2.59. The van der Waals surface area contributed by atoms with Gasteiger partial charge in [-0.25, -0.2) is 0 Å². The quantitative estimate of drug-likeness (QED) is 0.520. The topological polar surface area (TPSA) is 57.6 Å². The number of carbonyl (C=O) groups is 2. The predicted octanol–water partition coefficient (Wildman–Crippen LogP) is 0.510. The lowest BCUT2D eigenvalue weighted by molar-refractivity contribution is -0.155. The van der Waals surface area contributed by atoms with Crippen LogP contribution in [0, 0.1) is 0 Å². The van der Waals surface area contributed by atoms with Gasteiger partial charge in [0.2, 0.25) is 5.91 Å². The molecule has 1 amide bonds. The molecule has 0 aromatic rings. The van der Waals surface area contributed by atoms with E-state index in [0.29, 0.717) is 0 Å². The van der Waals surface area contributed by atoms with Crippen LogP contribution in [-0.2, 0) is 9.59 Å². The van der Waals surface area contributed by atoms with Crippen molar-refractivity contribution in [3.63, 3.8) is 0 Å². The van der Waals surface area contributed by atoms with E-state index in [-0.39, 0.29) is 27.0 Å². The zero-order chi connectivity index (χ0) is 10.2. The van der Waals surface area contributed by atoms with Gasteiger partial charge in [-0.05, 0) is 5.04 Å². The first-order chi connectivity index (χ1) is 5.81. The van der Waals surface area contributed by atoms with E-state index in [2.05, 4.69) is 0 Å². The number of rotatable bonds is 2. The highest BCUT2D eigenvalue weighted by molar-refractivity contribution is 6.42. The zero-order valence-corrected chi connectivity index (χ0v) is 9.00. The molecule has 1 heterocycles. The smallest absolute Gasteiger partial charge is 0.326 e. The monoisotopic (exact) mass is 199 g/mol. The number of aliphatic carboxylic acids is 1. The van der Waals surface area contributed by atoms with Crippen LogP contribution >= 0.6 is 0 Å². The molecule has 1 atom stereocenters. The Morgan fingerprint density at radius 2 is 2.15 bits per heavy atom. The van der Waals surface area contributed by atoms with Crippen molar-refractivity contribution in [2.24, 2.45) is 0 Å². The molecular weight excluding hydrogens is 186 g/mol. The fourth-order valence-electron chi connectivity index (χ4n) is 1.12. The molecular formula is C8H13NO3Si. The summed E-state index contributed by atoms with van der Waals surface area (Å²) in [6, 6.07) is -0.579. The second-order valence-corrected chi connectivity index (χ2v) is 6.39. The van der Waals surface area contributed by atoms with Crippen molar-refractivity contribution in [1.29, 1.82) is 0 Å². The van der Waals surface area contributed by atoms with Gasteiger partial charge in [-0.2, -0.15) is 0 Å². The highest BCUT2D eigenvalue weighted by atomic mass is 28.2. The summed E-state index contributed by atoms with van der Waals surface area (Å²) in [6.07, 6.45) is 0.165. The van der Waals surface area contributed by atoms with Crippen LogP contribution in [0.3, 0.4) is 0 Å². The van der Waals surface area contributed by atoms with E-state index in [1.165, 1.54) is 4.57 Å². The summed E-state index contributed by atoms with van der Waals surface area (Å²) in [5.41, 5.74) is 0. The van der Waals surface area contributed by atoms with Crippen molar-refractivity contribution in [1.82, 2.24) is 4.57 Å². The molecule has 72 valence electrons. The normalized spacial score (nSPS) is 22.8. The third-order valence-corrected chi connectivity index (χ3v) is 3.16. The fraction of sp³-hybridized carbons (Fsp3) is 0.750. The van der Waals surface area contributed by atoms with Crippen molar-refractivity contribution in [2.75, 3.05) is 0 Å². The van der Waals surface area contributed by atoms with Gasteiger partial charge in [0.1, 0.15) is 6.04 Å². The summed E-state index contributed by atoms with van der Waals surface area (Å²) in [5, 5.41) is 8.72. The lowest BCUT2D eigenvalue weighted by atomic mass is 10.1. The number of hydrogen-bond acceptors (Lipinski definition) is 2. The zero-order valence-electron chi connectivity index (χ0n) is 8.00. The first kappa shape index (κ1) is 10.2. The molecule has 1 N–H and O–H groups in total. The molecule has 0 bridgehead atoms. The van der Waals surface area contributed by atoms with E-state index in [1.807, 2.05) is 20.8 Å². The van der Waals surface area contributed by atoms with E-state index >= 15 is 0 Å². The number of β-lactam (4-membered cyclic amide) rings is 1. The Hall–Kier alpha value is -0.843. The summed E-state index contributed by atoms with van der Waals surface area (Å²) in [5.74, 6) is -0.933. The largest absolute Gasteiger partial charge is 0.480 e. The number of carboxylic acids is 1. The molecule has 2 radical (unpaired) electrons. The third-order valence-electron chi connectivity index (χ3n) is 1.69. The van der Waals surface area contributed by atoms with E-state index in [9.17, 15) is 9.59 Å². The van der Waals surface area contributed by atoms with Gasteiger partial charge in [0.05, 0.1) is 6.42 Å². The van der Waals surface area contributed by atoms with Crippen LogP contribution in [0.2, 0.25) is 5.04 Å². The average molecular weight is 199 g/mol. The minimum absolute atomic E-state index is 0.0101. The second-order valence-electron chi connectivity index (χ2n) is 4.18. The first-order valence-corrected chi connectivity index (χ1v) is 5.08. The highest BCUT2D eigenvalue weighted by Crippen LogP contribution is 2.28. The van der Waals surface area contributed by atoms with Crippen LogP contribution < -0.4 is 0 Å². The summed E-state index contributed by atoms with van der Waals surface area (Å²) >= 11 is 0. The molecule has 1 rings (SSSR count). The molecule has 0 saturated carbocycles. The lowest BCUT2D eigenvalue weighted by Gasteiger charge is -2.40. The Morgan fingerprint density at radius 1 is 1.62 bits per heavy atom. The number of carbonyl (C=O) groups excluding carboxylic acids is 1. The molecule has 0 aromatic carbocycles. The molecule has 1 fully saturated rings. The fourth-order valence-corrected chi connectivity index (χ4v) is 2.41. The third kappa shape index (κ3) is 2.30. The Labute approximate surface area is 79.8 Å². The maximum Gasteiger partial charge on any atom is 0.326 e. The van der Waals surface area contributed by atoms with Gasteiger partial charge >= 0.3 is 5.97 Å². The summed E-state index contributed by atoms with van der Waals surface area (Å²) in [4.78, 5) is 21.7. The van der Waals surface area contributed by atoms with Crippen molar-refractivity contribution < 1.29 is 14.7 Å². The molecule has 1 aliphatic heterocycles. The van der Waals surface area contributed by atoms with Crippen LogP contribution in [-0.4, -0.2) is 37.3 Å². The highest BCUT2D eigenvalue weighted by Gasteiger charge is 2.42. The van der Waals surface area contributed by atoms with E-state index in [4.69, 9.17) is 5.11 Å². The molecule has 1 aliphatic rings. The van der Waals surface area contributed by atoms with Gasteiger partial charge in [0.25, 0.3) is 0 Å². The summed E-state index contributed by atoms with van der Waals surface area (Å²) in [6.45, 7) is 5.99. The second kappa shape index (κ2) is 3.14. The van der Waals surface area contributed by atoms with Crippen LogP contribution in [0.4, 0.5) is 0 Å². The van der Waals surface area contributed by atoms with Gasteiger partial charge in [-0.3, -0.25) is 9.59 Å². The minimum Gasteiger partial charge on any atom is -0.480 e. The van der Waals surface area contributed by atoms with Crippen LogP contribution in [0.25, 0.3) is 0 Å². The van der Waals surface area contributed by atoms with Gasteiger partial charge in [0, 0.05) is 0 Å². The number of nitrogens with zero attached hydrogens (tertiary/aromatic N) is 1. The summed E-state index contributed by atoms with van der Waals surface area (Å²) < 4.78 is 1.46.